The molecule has 0 radical (unpaired) electrons. The third kappa shape index (κ3) is 3.65. The van der Waals surface area contributed by atoms with E-state index in [0.29, 0.717) is 12.5 Å². The Morgan fingerprint density at radius 2 is 2.00 bits per heavy atom. The fraction of sp³-hybridized carbons (Fsp3) is 0.692. The molecule has 2 atom stereocenters. The number of hydrogen-bond acceptors (Lipinski definition) is 5. The quantitative estimate of drug-likeness (QED) is 0.767. The lowest BCUT2D eigenvalue weighted by atomic mass is 10.0. The van der Waals surface area contributed by atoms with Crippen LogP contribution in [-0.2, 0) is 4.74 Å². The van der Waals surface area contributed by atoms with Crippen LogP contribution in [0.15, 0.2) is 12.4 Å². The Morgan fingerprint density at radius 3 is 2.56 bits per heavy atom. The number of aromatic nitrogens is 2. The minimum Gasteiger partial charge on any atom is -0.480 e. The van der Waals surface area contributed by atoms with Gasteiger partial charge in [0.1, 0.15) is 5.69 Å². The molecule has 0 aliphatic heterocycles. The van der Waals surface area contributed by atoms with E-state index in [-0.39, 0.29) is 12.1 Å². The van der Waals surface area contributed by atoms with Gasteiger partial charge in [-0.2, -0.15) is 0 Å². The maximum absolute atomic E-state index is 5.80. The second-order valence-corrected chi connectivity index (χ2v) is 4.00. The zero-order valence-corrected chi connectivity index (χ0v) is 11.6. The average Bonchev–Trinajstić information content (AvgIpc) is 2.40. The number of nitrogens with zero attached hydrogens (tertiary/aromatic N) is 2. The normalized spacial score (nSPS) is 14.2. The smallest absolute Gasteiger partial charge is 0.237 e. The van der Waals surface area contributed by atoms with Crippen LogP contribution in [0.25, 0.3) is 0 Å². The first-order valence-electron chi connectivity index (χ1n) is 6.42. The van der Waals surface area contributed by atoms with Gasteiger partial charge in [0.25, 0.3) is 0 Å². The Balaban J connectivity index is 2.98. The molecular weight excluding hydrogens is 230 g/mol. The van der Waals surface area contributed by atoms with Crippen LogP contribution < -0.4 is 10.1 Å². The van der Waals surface area contributed by atoms with Crippen LogP contribution in [0.5, 0.6) is 5.88 Å². The molecule has 102 valence electrons. The van der Waals surface area contributed by atoms with Crippen LogP contribution in [0.3, 0.4) is 0 Å². The van der Waals surface area contributed by atoms with Crippen molar-refractivity contribution in [1.82, 2.24) is 15.3 Å². The Morgan fingerprint density at radius 1 is 1.28 bits per heavy atom. The first-order valence-corrected chi connectivity index (χ1v) is 6.42. The van der Waals surface area contributed by atoms with Crippen LogP contribution in [0.4, 0.5) is 0 Å². The van der Waals surface area contributed by atoms with E-state index < -0.39 is 0 Å². The Labute approximate surface area is 109 Å². The molecule has 5 nitrogen and oxygen atoms in total. The fourth-order valence-corrected chi connectivity index (χ4v) is 2.05. The van der Waals surface area contributed by atoms with Crippen molar-refractivity contribution in [1.29, 1.82) is 0 Å². The van der Waals surface area contributed by atoms with Gasteiger partial charge in [-0.3, -0.25) is 4.98 Å². The number of likely N-dealkylation sites (N-methyl/N-ethyl adjacent to an activating group) is 1. The molecule has 0 bridgehead atoms. The third-order valence-corrected chi connectivity index (χ3v) is 2.82. The molecule has 0 saturated heterocycles. The van der Waals surface area contributed by atoms with E-state index in [9.17, 15) is 0 Å². The number of rotatable bonds is 8. The van der Waals surface area contributed by atoms with Gasteiger partial charge in [0.2, 0.25) is 5.88 Å². The lowest BCUT2D eigenvalue weighted by molar-refractivity contribution is 0.0277. The van der Waals surface area contributed by atoms with E-state index in [1.807, 2.05) is 14.0 Å². The zero-order chi connectivity index (χ0) is 13.4. The summed E-state index contributed by atoms with van der Waals surface area (Å²) in [6.45, 7) is 4.83. The first-order chi connectivity index (χ1) is 8.78. The molecule has 0 aromatic carbocycles. The average molecular weight is 253 g/mol. The summed E-state index contributed by atoms with van der Waals surface area (Å²) in [7, 11) is 3.51. The number of ether oxygens (including phenoxy) is 2. The Kier molecular flexibility index (Phi) is 6.60. The molecule has 0 aliphatic carbocycles. The summed E-state index contributed by atoms with van der Waals surface area (Å²) in [5.74, 6) is 0.553. The molecule has 0 aliphatic rings. The highest BCUT2D eigenvalue weighted by Crippen LogP contribution is 2.26. The second-order valence-electron chi connectivity index (χ2n) is 4.00. The fourth-order valence-electron chi connectivity index (χ4n) is 2.05. The summed E-state index contributed by atoms with van der Waals surface area (Å²) in [6, 6.07) is -0.00597. The topological polar surface area (TPSA) is 56.3 Å². The molecule has 0 amide bonds. The number of hydrogen-bond donors (Lipinski definition) is 1. The lowest BCUT2D eigenvalue weighted by Gasteiger charge is -2.26. The summed E-state index contributed by atoms with van der Waals surface area (Å²) in [4.78, 5) is 8.56. The van der Waals surface area contributed by atoms with Crippen LogP contribution in [0, 0.1) is 0 Å². The van der Waals surface area contributed by atoms with Gasteiger partial charge >= 0.3 is 0 Å². The molecule has 5 heteroatoms. The predicted molar refractivity (Wildman–Crippen MR) is 70.7 cm³/mol. The molecule has 1 rings (SSSR count). The number of methoxy groups -OCH3 is 1. The van der Waals surface area contributed by atoms with Crippen LogP contribution >= 0.6 is 0 Å². The van der Waals surface area contributed by atoms with E-state index in [0.717, 1.165) is 18.5 Å². The Bertz CT molecular complexity index is 341. The molecule has 1 aromatic rings. The van der Waals surface area contributed by atoms with Gasteiger partial charge in [0, 0.05) is 19.0 Å². The van der Waals surface area contributed by atoms with E-state index in [1.54, 1.807) is 19.5 Å². The highest BCUT2D eigenvalue weighted by atomic mass is 16.5. The Hall–Kier alpha value is -1.20. The van der Waals surface area contributed by atoms with Gasteiger partial charge in [-0.15, -0.1) is 0 Å². The zero-order valence-electron chi connectivity index (χ0n) is 11.6. The van der Waals surface area contributed by atoms with Gasteiger partial charge in [-0.1, -0.05) is 13.3 Å². The van der Waals surface area contributed by atoms with Gasteiger partial charge in [-0.25, -0.2) is 4.98 Å². The molecule has 0 saturated carbocycles. The van der Waals surface area contributed by atoms with Crippen molar-refractivity contribution in [3.05, 3.63) is 18.1 Å². The lowest BCUT2D eigenvalue weighted by Crippen LogP contribution is -2.33. The van der Waals surface area contributed by atoms with Crippen molar-refractivity contribution in [3.63, 3.8) is 0 Å². The molecule has 1 aromatic heterocycles. The SMILES string of the molecule is CCCC(OCC)C(NC)c1nccnc1OC. The molecule has 1 heterocycles. The standard InChI is InChI=1S/C13H23N3O2/c1-5-7-10(18-6-2)11(14-3)12-13(17-4)16-9-8-15-12/h8-11,14H,5-7H2,1-4H3. The second kappa shape index (κ2) is 8.00. The number of nitrogens with one attached hydrogen (secondary N) is 1. The van der Waals surface area contributed by atoms with Crippen molar-refractivity contribution in [2.24, 2.45) is 0 Å². The monoisotopic (exact) mass is 253 g/mol. The summed E-state index contributed by atoms with van der Waals surface area (Å²) in [5.41, 5.74) is 0.800. The maximum Gasteiger partial charge on any atom is 0.237 e. The van der Waals surface area contributed by atoms with E-state index in [2.05, 4.69) is 22.2 Å². The maximum atomic E-state index is 5.80. The predicted octanol–water partition coefficient (Wildman–Crippen LogP) is 1.95. The van der Waals surface area contributed by atoms with E-state index in [1.165, 1.54) is 0 Å². The minimum absolute atomic E-state index is 0.00597. The highest BCUT2D eigenvalue weighted by molar-refractivity contribution is 5.22. The van der Waals surface area contributed by atoms with Crippen molar-refractivity contribution in [3.8, 4) is 5.88 Å². The summed E-state index contributed by atoms with van der Waals surface area (Å²) >= 11 is 0. The van der Waals surface area contributed by atoms with Crippen molar-refractivity contribution in [2.45, 2.75) is 38.8 Å². The highest BCUT2D eigenvalue weighted by Gasteiger charge is 2.26. The molecular formula is C13H23N3O2. The summed E-state index contributed by atoms with van der Waals surface area (Å²) < 4.78 is 11.1. The van der Waals surface area contributed by atoms with Gasteiger partial charge < -0.3 is 14.8 Å². The molecule has 2 unspecified atom stereocenters. The molecule has 0 spiro atoms. The summed E-state index contributed by atoms with van der Waals surface area (Å²) in [5, 5.41) is 3.26. The van der Waals surface area contributed by atoms with Crippen molar-refractivity contribution < 1.29 is 9.47 Å². The van der Waals surface area contributed by atoms with Gasteiger partial charge in [0.05, 0.1) is 19.3 Å². The van der Waals surface area contributed by atoms with Crippen molar-refractivity contribution in [2.75, 3.05) is 20.8 Å². The van der Waals surface area contributed by atoms with Gasteiger partial charge in [0.15, 0.2) is 0 Å². The van der Waals surface area contributed by atoms with Gasteiger partial charge in [-0.05, 0) is 20.4 Å². The van der Waals surface area contributed by atoms with Crippen molar-refractivity contribution >= 4 is 0 Å². The molecule has 0 fully saturated rings. The van der Waals surface area contributed by atoms with Crippen LogP contribution in [0.2, 0.25) is 0 Å². The summed E-state index contributed by atoms with van der Waals surface area (Å²) in [6.07, 6.45) is 5.42. The third-order valence-electron chi connectivity index (χ3n) is 2.82. The van der Waals surface area contributed by atoms with E-state index in [4.69, 9.17) is 9.47 Å². The minimum atomic E-state index is -0.00597. The largest absolute Gasteiger partial charge is 0.480 e. The van der Waals surface area contributed by atoms with E-state index >= 15 is 0 Å². The van der Waals surface area contributed by atoms with Crippen LogP contribution in [-0.4, -0.2) is 36.8 Å². The molecule has 18 heavy (non-hydrogen) atoms. The molecule has 1 N–H and O–H groups in total. The first kappa shape index (κ1) is 14.9. The van der Waals surface area contributed by atoms with Crippen LogP contribution in [0.1, 0.15) is 38.4 Å².